The van der Waals surface area contributed by atoms with E-state index in [0.29, 0.717) is 53.2 Å². The molecule has 0 aliphatic carbocycles. The number of piperazine rings is 1. The van der Waals surface area contributed by atoms with Crippen molar-refractivity contribution in [2.75, 3.05) is 54.0 Å². The molecule has 3 aromatic carbocycles. The molecule has 1 saturated heterocycles. The maximum absolute atomic E-state index is 13.3. The van der Waals surface area contributed by atoms with Crippen LogP contribution in [0.5, 0.6) is 0 Å². The molecule has 1 amide bonds. The van der Waals surface area contributed by atoms with Crippen molar-refractivity contribution in [3.8, 4) is 0 Å². The summed E-state index contributed by atoms with van der Waals surface area (Å²) >= 11 is 12.2. The van der Waals surface area contributed by atoms with Crippen LogP contribution in [0.3, 0.4) is 0 Å². The first kappa shape index (κ1) is 31.9. The number of carbonyl (C=O) groups is 1. The highest BCUT2D eigenvalue weighted by atomic mass is 35.5. The molecule has 4 rings (SSSR count). The zero-order valence-corrected chi connectivity index (χ0v) is 26.3. The second-order valence-corrected chi connectivity index (χ2v) is 13.1. The van der Waals surface area contributed by atoms with Crippen LogP contribution in [0.1, 0.15) is 29.8 Å². The fourth-order valence-electron chi connectivity index (χ4n) is 4.21. The standard InChI is InChI=1S/C26H28Cl2N4O4S2.C2H6/c1-18-4-9-25(30(2)37(3)34)24(14-18)26(33)29-21-5-7-23(8-6-21)38(35,36)32-12-10-31(11-13-32)22-16-19(27)15-20(28)17-22;1-2/h4-9,14-17H,10-13H2,1-3H3,(H,29,33);1-2H3. The molecule has 1 heterocycles. The predicted molar refractivity (Wildman–Crippen MR) is 167 cm³/mol. The van der Waals surface area contributed by atoms with Gasteiger partial charge in [0, 0.05) is 60.9 Å². The van der Waals surface area contributed by atoms with Crippen molar-refractivity contribution in [3.63, 3.8) is 0 Å². The number of carbonyl (C=O) groups excluding carboxylic acids is 1. The Balaban J connectivity index is 0.00000216. The maximum Gasteiger partial charge on any atom is 0.257 e. The molecule has 0 saturated carbocycles. The van der Waals surface area contributed by atoms with E-state index >= 15 is 0 Å². The van der Waals surface area contributed by atoms with Crippen molar-refractivity contribution in [1.82, 2.24) is 4.31 Å². The number of sulfonamides is 1. The summed E-state index contributed by atoms with van der Waals surface area (Å²) in [7, 11) is -3.36. The smallest absolute Gasteiger partial charge is 0.257 e. The zero-order chi connectivity index (χ0) is 29.6. The van der Waals surface area contributed by atoms with Crippen LogP contribution >= 0.6 is 23.2 Å². The van der Waals surface area contributed by atoms with Crippen LogP contribution in [0.2, 0.25) is 10.0 Å². The minimum absolute atomic E-state index is 0.145. The summed E-state index contributed by atoms with van der Waals surface area (Å²) < 4.78 is 41.5. The summed E-state index contributed by atoms with van der Waals surface area (Å²) in [6, 6.07) is 16.7. The highest BCUT2D eigenvalue weighted by Gasteiger charge is 2.29. The van der Waals surface area contributed by atoms with Gasteiger partial charge >= 0.3 is 0 Å². The Morgan fingerprint density at radius 2 is 1.50 bits per heavy atom. The molecule has 1 aliphatic heterocycles. The van der Waals surface area contributed by atoms with Crippen molar-refractivity contribution in [1.29, 1.82) is 0 Å². The van der Waals surface area contributed by atoms with Crippen LogP contribution in [-0.4, -0.2) is 62.3 Å². The number of nitrogens with zero attached hydrogens (tertiary/aromatic N) is 3. The van der Waals surface area contributed by atoms with Gasteiger partial charge in [-0.1, -0.05) is 48.7 Å². The minimum Gasteiger partial charge on any atom is -0.369 e. The monoisotopic (exact) mass is 624 g/mol. The SMILES string of the molecule is CC.Cc1ccc(N(C)S(C)=O)c(C(=O)Nc2ccc(S(=O)(=O)N3CCN(c4cc(Cl)cc(Cl)c4)CC3)cc2)c1. The van der Waals surface area contributed by atoms with Gasteiger partial charge in [0.15, 0.2) is 0 Å². The lowest BCUT2D eigenvalue weighted by Crippen LogP contribution is -2.48. The Hall–Kier alpha value is -2.63. The quantitative estimate of drug-likeness (QED) is 0.358. The normalized spacial score (nSPS) is 14.6. The third kappa shape index (κ3) is 7.55. The van der Waals surface area contributed by atoms with E-state index in [1.807, 2.05) is 43.9 Å². The third-order valence-electron chi connectivity index (χ3n) is 6.32. The number of nitrogens with one attached hydrogen (secondary N) is 1. The largest absolute Gasteiger partial charge is 0.369 e. The van der Waals surface area contributed by atoms with E-state index in [1.165, 1.54) is 27.0 Å². The molecular weight excluding hydrogens is 591 g/mol. The molecule has 0 bridgehead atoms. The summed E-state index contributed by atoms with van der Waals surface area (Å²) in [6.45, 7) is 7.49. The highest BCUT2D eigenvalue weighted by molar-refractivity contribution is 7.89. The Morgan fingerprint density at radius 1 is 0.925 bits per heavy atom. The maximum atomic E-state index is 13.3. The molecule has 1 unspecified atom stereocenters. The zero-order valence-electron chi connectivity index (χ0n) is 23.1. The Labute approximate surface area is 249 Å². The fourth-order valence-corrected chi connectivity index (χ4v) is 6.58. The first-order valence-corrected chi connectivity index (χ1v) is 16.5. The summed E-state index contributed by atoms with van der Waals surface area (Å²) in [5.41, 5.74) is 3.09. The second-order valence-electron chi connectivity index (χ2n) is 8.94. The predicted octanol–water partition coefficient (Wildman–Crippen LogP) is 5.82. The summed E-state index contributed by atoms with van der Waals surface area (Å²) in [6.07, 6.45) is 1.54. The number of aryl methyl sites for hydroxylation is 1. The summed E-state index contributed by atoms with van der Waals surface area (Å²) in [5, 5.41) is 3.87. The van der Waals surface area contributed by atoms with Crippen LogP contribution in [0, 0.1) is 6.92 Å². The van der Waals surface area contributed by atoms with Gasteiger partial charge in [-0.05, 0) is 61.5 Å². The van der Waals surface area contributed by atoms with E-state index in [1.54, 1.807) is 37.4 Å². The second kappa shape index (κ2) is 13.8. The first-order valence-electron chi connectivity index (χ1n) is 12.8. The van der Waals surface area contributed by atoms with Gasteiger partial charge in [-0.25, -0.2) is 12.6 Å². The van der Waals surface area contributed by atoms with Gasteiger partial charge in [0.05, 0.1) is 16.1 Å². The van der Waals surface area contributed by atoms with Gasteiger partial charge in [0.25, 0.3) is 5.91 Å². The van der Waals surface area contributed by atoms with Crippen molar-refractivity contribution in [2.45, 2.75) is 25.7 Å². The average molecular weight is 626 g/mol. The van der Waals surface area contributed by atoms with Crippen molar-refractivity contribution >= 4 is 67.2 Å². The number of anilines is 3. The molecule has 216 valence electrons. The third-order valence-corrected chi connectivity index (χ3v) is 9.64. The average Bonchev–Trinajstić information content (AvgIpc) is 2.93. The molecule has 8 nitrogen and oxygen atoms in total. The van der Waals surface area contributed by atoms with Crippen molar-refractivity contribution in [3.05, 3.63) is 81.8 Å². The number of halogens is 2. The lowest BCUT2D eigenvalue weighted by atomic mass is 10.1. The number of benzene rings is 3. The minimum atomic E-state index is -3.71. The Kier molecular flexibility index (Phi) is 11.0. The Morgan fingerprint density at radius 3 is 2.05 bits per heavy atom. The Bertz CT molecular complexity index is 1460. The van der Waals surface area contributed by atoms with E-state index in [4.69, 9.17) is 23.2 Å². The van der Waals surface area contributed by atoms with E-state index in [9.17, 15) is 17.4 Å². The summed E-state index contributed by atoms with van der Waals surface area (Å²) in [5.74, 6) is -0.381. The fraction of sp³-hybridized carbons (Fsp3) is 0.321. The van der Waals surface area contributed by atoms with Gasteiger partial charge in [-0.2, -0.15) is 4.31 Å². The van der Waals surface area contributed by atoms with Gasteiger partial charge in [0.1, 0.15) is 11.0 Å². The molecule has 0 aromatic heterocycles. The van der Waals surface area contributed by atoms with Gasteiger partial charge in [-0.15, -0.1) is 0 Å². The summed E-state index contributed by atoms with van der Waals surface area (Å²) in [4.78, 5) is 15.2. The van der Waals surface area contributed by atoms with E-state index in [-0.39, 0.29) is 10.8 Å². The van der Waals surface area contributed by atoms with Gasteiger partial charge < -0.3 is 10.2 Å². The van der Waals surface area contributed by atoms with E-state index < -0.39 is 21.0 Å². The molecular formula is C28H34Cl2N4O4S2. The molecule has 12 heteroatoms. The van der Waals surface area contributed by atoms with Crippen molar-refractivity contribution < 1.29 is 17.4 Å². The van der Waals surface area contributed by atoms with Crippen LogP contribution in [0.15, 0.2) is 65.6 Å². The number of hydrogen-bond acceptors (Lipinski definition) is 5. The molecule has 1 N–H and O–H groups in total. The molecule has 0 radical (unpaired) electrons. The van der Waals surface area contributed by atoms with Crippen LogP contribution < -0.4 is 14.5 Å². The van der Waals surface area contributed by atoms with Crippen LogP contribution in [0.25, 0.3) is 0 Å². The van der Waals surface area contributed by atoms with E-state index in [2.05, 4.69) is 5.32 Å². The van der Waals surface area contributed by atoms with E-state index in [0.717, 1.165) is 11.3 Å². The van der Waals surface area contributed by atoms with Crippen molar-refractivity contribution in [2.24, 2.45) is 0 Å². The lowest BCUT2D eigenvalue weighted by Gasteiger charge is -2.35. The lowest BCUT2D eigenvalue weighted by molar-refractivity contribution is 0.102. The molecule has 3 aromatic rings. The molecule has 40 heavy (non-hydrogen) atoms. The molecule has 1 fully saturated rings. The molecule has 0 spiro atoms. The number of rotatable bonds is 7. The number of amides is 1. The molecule has 1 aliphatic rings. The molecule has 1 atom stereocenters. The van der Waals surface area contributed by atoms with Crippen LogP contribution in [0.4, 0.5) is 17.1 Å². The van der Waals surface area contributed by atoms with Gasteiger partial charge in [-0.3, -0.25) is 9.10 Å². The first-order chi connectivity index (χ1) is 19.0. The van der Waals surface area contributed by atoms with Gasteiger partial charge in [0.2, 0.25) is 10.0 Å². The van der Waals surface area contributed by atoms with Crippen LogP contribution in [-0.2, 0) is 21.0 Å². The highest BCUT2D eigenvalue weighted by Crippen LogP contribution is 2.28. The topological polar surface area (TPSA) is 90.0 Å². The number of hydrogen-bond donors (Lipinski definition) is 1.